The van der Waals surface area contributed by atoms with Gasteiger partial charge in [-0.25, -0.2) is 4.79 Å². The Kier molecular flexibility index (Phi) is 7.25. The molecule has 1 aromatic carbocycles. The summed E-state index contributed by atoms with van der Waals surface area (Å²) in [5.41, 5.74) is 0.0614. The minimum atomic E-state index is -1.35. The topological polar surface area (TPSA) is 86.8 Å². The van der Waals surface area contributed by atoms with Crippen LogP contribution < -0.4 is 9.47 Å². The number of amides is 1. The Bertz CT molecular complexity index is 1240. The van der Waals surface area contributed by atoms with Gasteiger partial charge >= 0.3 is 5.97 Å². The molecular formula is C32H44N2O7. The number of fused-ring (bicyclic) bond motifs is 3. The van der Waals surface area contributed by atoms with E-state index in [0.717, 1.165) is 62.3 Å². The molecule has 4 aliphatic heterocycles. The van der Waals surface area contributed by atoms with Crippen LogP contribution in [0.15, 0.2) is 24.0 Å². The fourth-order valence-corrected chi connectivity index (χ4v) is 8.02. The van der Waals surface area contributed by atoms with Gasteiger partial charge in [-0.15, -0.1) is 0 Å². The van der Waals surface area contributed by atoms with Crippen LogP contribution in [-0.2, 0) is 30.2 Å². The highest BCUT2D eigenvalue weighted by molar-refractivity contribution is 5.88. The number of carbonyl (C=O) groups is 2. The number of esters is 1. The Morgan fingerprint density at radius 3 is 2.51 bits per heavy atom. The van der Waals surface area contributed by atoms with E-state index >= 15 is 0 Å². The summed E-state index contributed by atoms with van der Waals surface area (Å²) in [4.78, 5) is 32.1. The highest BCUT2D eigenvalue weighted by atomic mass is 16.7. The molecule has 224 valence electrons. The number of carbonyl (C=O) groups excluding carboxylic acids is 2. The highest BCUT2D eigenvalue weighted by Crippen LogP contribution is 2.56. The van der Waals surface area contributed by atoms with Crippen molar-refractivity contribution < 1.29 is 33.3 Å². The third-order valence-electron chi connectivity index (χ3n) is 9.95. The summed E-state index contributed by atoms with van der Waals surface area (Å²) in [6, 6.07) is 4.17. The zero-order chi connectivity index (χ0) is 29.0. The van der Waals surface area contributed by atoms with Gasteiger partial charge in [-0.3, -0.25) is 9.69 Å². The standard InChI is InChI=1S/C32H44N2O7/c1-6-33(7-2)26(35)19-32(13-8-11-30(3,4)41-32)29(36)40-28-25(37-5)18-31-12-9-14-34(31)15-10-21-16-23-24(39-20-38-23)17-22(21)27(28)31/h16-18,27-28H,6-15,19-20H2,1-5H3/t27-,28?,31+,32-/m1/s1. The maximum Gasteiger partial charge on any atom is 0.339 e. The first-order valence-electron chi connectivity index (χ1n) is 15.3. The van der Waals surface area contributed by atoms with Gasteiger partial charge in [0, 0.05) is 19.6 Å². The molecule has 1 aliphatic carbocycles. The van der Waals surface area contributed by atoms with Gasteiger partial charge in [0.1, 0.15) is 5.76 Å². The van der Waals surface area contributed by atoms with E-state index in [4.69, 9.17) is 23.7 Å². The summed E-state index contributed by atoms with van der Waals surface area (Å²) in [5.74, 6) is 1.39. The van der Waals surface area contributed by atoms with Crippen LogP contribution in [0.1, 0.15) is 83.3 Å². The second-order valence-corrected chi connectivity index (χ2v) is 12.7. The van der Waals surface area contributed by atoms with Gasteiger partial charge in [-0.2, -0.15) is 0 Å². The summed E-state index contributed by atoms with van der Waals surface area (Å²) < 4.78 is 30.6. The molecule has 9 heteroatoms. The molecule has 1 aromatic rings. The molecule has 6 rings (SSSR count). The lowest BCUT2D eigenvalue weighted by molar-refractivity contribution is -0.215. The molecule has 1 amide bonds. The van der Waals surface area contributed by atoms with Gasteiger partial charge in [0.05, 0.1) is 30.6 Å². The molecule has 2 fully saturated rings. The molecule has 1 spiro atoms. The predicted octanol–water partition coefficient (Wildman–Crippen LogP) is 4.32. The van der Waals surface area contributed by atoms with Crippen molar-refractivity contribution in [1.29, 1.82) is 0 Å². The molecule has 0 saturated carbocycles. The Morgan fingerprint density at radius 1 is 1.05 bits per heavy atom. The molecule has 0 bridgehead atoms. The molecule has 1 unspecified atom stereocenters. The largest absolute Gasteiger partial charge is 0.497 e. The quantitative estimate of drug-likeness (QED) is 0.450. The van der Waals surface area contributed by atoms with Crippen molar-refractivity contribution in [3.63, 3.8) is 0 Å². The molecule has 4 heterocycles. The zero-order valence-electron chi connectivity index (χ0n) is 25.1. The van der Waals surface area contributed by atoms with Gasteiger partial charge < -0.3 is 28.6 Å². The third kappa shape index (κ3) is 4.69. The lowest BCUT2D eigenvalue weighted by Gasteiger charge is -2.45. The summed E-state index contributed by atoms with van der Waals surface area (Å²) in [6.45, 7) is 11.1. The van der Waals surface area contributed by atoms with Crippen LogP contribution in [0.3, 0.4) is 0 Å². The number of ether oxygens (including phenoxy) is 5. The maximum absolute atomic E-state index is 14.5. The Labute approximate surface area is 243 Å². The van der Waals surface area contributed by atoms with Crippen molar-refractivity contribution in [2.45, 2.75) is 101 Å². The zero-order valence-corrected chi connectivity index (χ0v) is 25.1. The first-order valence-corrected chi connectivity index (χ1v) is 15.3. The third-order valence-corrected chi connectivity index (χ3v) is 9.95. The average Bonchev–Trinajstić information content (AvgIpc) is 3.62. The molecule has 4 atom stereocenters. The van der Waals surface area contributed by atoms with E-state index in [1.54, 1.807) is 12.0 Å². The number of rotatable bonds is 7. The highest BCUT2D eigenvalue weighted by Gasteiger charge is 2.60. The van der Waals surface area contributed by atoms with E-state index in [0.29, 0.717) is 25.3 Å². The monoisotopic (exact) mass is 568 g/mol. The molecule has 0 N–H and O–H groups in total. The van der Waals surface area contributed by atoms with E-state index in [1.165, 1.54) is 5.56 Å². The van der Waals surface area contributed by atoms with E-state index in [2.05, 4.69) is 23.1 Å². The minimum Gasteiger partial charge on any atom is -0.497 e. The summed E-state index contributed by atoms with van der Waals surface area (Å²) in [7, 11) is 1.65. The van der Waals surface area contributed by atoms with E-state index in [-0.39, 0.29) is 30.6 Å². The van der Waals surface area contributed by atoms with Crippen molar-refractivity contribution in [1.82, 2.24) is 9.80 Å². The van der Waals surface area contributed by atoms with Crippen molar-refractivity contribution in [2.75, 3.05) is 40.1 Å². The van der Waals surface area contributed by atoms with Crippen molar-refractivity contribution >= 4 is 11.9 Å². The smallest absolute Gasteiger partial charge is 0.339 e. The van der Waals surface area contributed by atoms with Gasteiger partial charge in [0.15, 0.2) is 23.2 Å². The molecule has 41 heavy (non-hydrogen) atoms. The van der Waals surface area contributed by atoms with Crippen LogP contribution >= 0.6 is 0 Å². The van der Waals surface area contributed by atoms with Gasteiger partial charge in [-0.05, 0) is 102 Å². The second-order valence-electron chi connectivity index (χ2n) is 12.7. The Balaban J connectivity index is 1.39. The van der Waals surface area contributed by atoms with Gasteiger partial charge in [-0.1, -0.05) is 0 Å². The van der Waals surface area contributed by atoms with Crippen LogP contribution in [0.2, 0.25) is 0 Å². The summed E-state index contributed by atoms with van der Waals surface area (Å²) in [5, 5.41) is 0. The van der Waals surface area contributed by atoms with E-state index < -0.39 is 23.3 Å². The molecule has 0 radical (unpaired) electrons. The molecule has 9 nitrogen and oxygen atoms in total. The van der Waals surface area contributed by atoms with Gasteiger partial charge in [0.25, 0.3) is 0 Å². The predicted molar refractivity (Wildman–Crippen MR) is 152 cm³/mol. The minimum absolute atomic E-state index is 0.0348. The number of methoxy groups -OCH3 is 1. The van der Waals surface area contributed by atoms with E-state index in [1.807, 2.05) is 27.7 Å². The van der Waals surface area contributed by atoms with Crippen molar-refractivity contribution in [3.8, 4) is 11.5 Å². The normalized spacial score (nSPS) is 31.4. The molecule has 5 aliphatic rings. The number of nitrogens with zero attached hydrogens (tertiary/aromatic N) is 2. The fourth-order valence-electron chi connectivity index (χ4n) is 8.02. The summed E-state index contributed by atoms with van der Waals surface area (Å²) >= 11 is 0. The van der Waals surface area contributed by atoms with Crippen LogP contribution in [0, 0.1) is 0 Å². The first-order chi connectivity index (χ1) is 19.6. The fraction of sp³-hybridized carbons (Fsp3) is 0.688. The van der Waals surface area contributed by atoms with Crippen molar-refractivity contribution in [2.24, 2.45) is 0 Å². The lowest BCUT2D eigenvalue weighted by Crippen LogP contribution is -2.55. The Hall–Kier alpha value is -2.78. The first kappa shape index (κ1) is 28.3. The van der Waals surface area contributed by atoms with Crippen LogP contribution in [-0.4, -0.2) is 84.6 Å². The number of hydrogen-bond donors (Lipinski definition) is 0. The molecule has 0 aromatic heterocycles. The summed E-state index contributed by atoms with van der Waals surface area (Å²) in [6.07, 6.45) is 6.42. The molecule has 2 saturated heterocycles. The number of benzene rings is 1. The van der Waals surface area contributed by atoms with Crippen molar-refractivity contribution in [3.05, 3.63) is 35.1 Å². The lowest BCUT2D eigenvalue weighted by atomic mass is 9.77. The SMILES string of the molecule is CCN(CC)C(=O)C[C@@]1(C(=O)OC2C(OC)=C[C@]34CCCN3CCc3cc5c(cc3[C@H]24)OCO5)CCCC(C)(C)O1. The van der Waals surface area contributed by atoms with Crippen LogP contribution in [0.5, 0.6) is 11.5 Å². The van der Waals surface area contributed by atoms with E-state index in [9.17, 15) is 9.59 Å². The van der Waals surface area contributed by atoms with Crippen LogP contribution in [0.25, 0.3) is 0 Å². The average molecular weight is 569 g/mol. The second kappa shape index (κ2) is 10.5. The number of hydrogen-bond acceptors (Lipinski definition) is 8. The maximum atomic E-state index is 14.5. The molecular weight excluding hydrogens is 524 g/mol. The Morgan fingerprint density at radius 2 is 1.80 bits per heavy atom. The van der Waals surface area contributed by atoms with Crippen LogP contribution in [0.4, 0.5) is 0 Å². The van der Waals surface area contributed by atoms with Gasteiger partial charge in [0.2, 0.25) is 12.7 Å².